The van der Waals surface area contributed by atoms with Crippen molar-refractivity contribution < 1.29 is 18.9 Å². The number of nitrogens with two attached hydrogens (primary N) is 1. The number of nitrogens with one attached hydrogen (secondary N) is 1. The van der Waals surface area contributed by atoms with Crippen molar-refractivity contribution in [3.05, 3.63) is 64.2 Å². The Labute approximate surface area is 138 Å². The van der Waals surface area contributed by atoms with E-state index in [1.54, 1.807) is 30.4 Å². The molecule has 0 radical (unpaired) electrons. The van der Waals surface area contributed by atoms with Crippen LogP contribution in [-0.2, 0) is 4.79 Å². The van der Waals surface area contributed by atoms with Crippen LogP contribution in [0.15, 0.2) is 36.4 Å². The summed E-state index contributed by atoms with van der Waals surface area (Å²) in [5, 5.41) is 5.04. The minimum Gasteiger partial charge on any atom is -0.332 e. The Bertz CT molecular complexity index is 722. The Balaban J connectivity index is 1.95. The first-order chi connectivity index (χ1) is 10.9. The van der Waals surface area contributed by atoms with Crippen molar-refractivity contribution in [2.45, 2.75) is 19.9 Å². The summed E-state index contributed by atoms with van der Waals surface area (Å²) < 4.78 is 26.6. The first-order valence-corrected chi connectivity index (χ1v) is 7.59. The number of carbonyl (C=O) groups excluding carboxylic acids is 1. The molecule has 6 heteroatoms. The highest BCUT2D eigenvalue weighted by atomic mass is 35.5. The predicted octanol–water partition coefficient (Wildman–Crippen LogP) is 3.19. The van der Waals surface area contributed by atoms with Crippen LogP contribution in [0.25, 0.3) is 0 Å². The molecule has 23 heavy (non-hydrogen) atoms. The molecule has 0 fully saturated rings. The lowest BCUT2D eigenvalue weighted by Crippen LogP contribution is -2.86. The minimum absolute atomic E-state index is 0.115. The number of hydrogen-bond acceptors (Lipinski definition) is 1. The van der Waals surface area contributed by atoms with Gasteiger partial charge in [0.1, 0.15) is 17.7 Å². The Morgan fingerprint density at radius 3 is 2.74 bits per heavy atom. The largest absolute Gasteiger partial charge is 0.332 e. The van der Waals surface area contributed by atoms with Crippen LogP contribution in [0.3, 0.4) is 0 Å². The summed E-state index contributed by atoms with van der Waals surface area (Å²) >= 11 is 6.00. The predicted molar refractivity (Wildman–Crippen MR) is 86.4 cm³/mol. The molecule has 0 aromatic heterocycles. The van der Waals surface area contributed by atoms with E-state index in [4.69, 9.17) is 11.6 Å². The van der Waals surface area contributed by atoms with Gasteiger partial charge in [-0.05, 0) is 43.7 Å². The molecule has 0 aliphatic carbocycles. The highest BCUT2D eigenvalue weighted by molar-refractivity contribution is 6.31. The monoisotopic (exact) mass is 339 g/mol. The number of quaternary nitrogens is 1. The van der Waals surface area contributed by atoms with Gasteiger partial charge in [-0.2, -0.15) is 0 Å². The van der Waals surface area contributed by atoms with Gasteiger partial charge in [-0.15, -0.1) is 0 Å². The number of hydrogen-bond donors (Lipinski definition) is 2. The molecule has 2 rings (SSSR count). The molecule has 0 saturated heterocycles. The zero-order chi connectivity index (χ0) is 17.0. The first-order valence-electron chi connectivity index (χ1n) is 7.21. The topological polar surface area (TPSA) is 45.7 Å². The summed E-state index contributed by atoms with van der Waals surface area (Å²) in [6.45, 7) is 3.69. The van der Waals surface area contributed by atoms with E-state index in [0.29, 0.717) is 16.3 Å². The first kappa shape index (κ1) is 17.4. The fourth-order valence-electron chi connectivity index (χ4n) is 2.23. The molecular weight excluding hydrogens is 322 g/mol. The van der Waals surface area contributed by atoms with Crippen molar-refractivity contribution in [3.63, 3.8) is 0 Å². The van der Waals surface area contributed by atoms with Crippen molar-refractivity contribution in [1.82, 2.24) is 0 Å². The summed E-state index contributed by atoms with van der Waals surface area (Å²) in [5.41, 5.74) is 1.80. The smallest absolute Gasteiger partial charge is 0.279 e. The third-order valence-electron chi connectivity index (χ3n) is 3.65. The Hall–Kier alpha value is -1.98. The van der Waals surface area contributed by atoms with Crippen molar-refractivity contribution in [3.8, 4) is 0 Å². The van der Waals surface area contributed by atoms with Crippen molar-refractivity contribution in [2.24, 2.45) is 0 Å². The van der Waals surface area contributed by atoms with Crippen LogP contribution in [0.5, 0.6) is 0 Å². The molecule has 1 atom stereocenters. The summed E-state index contributed by atoms with van der Waals surface area (Å²) in [4.78, 5) is 12.0. The van der Waals surface area contributed by atoms with E-state index in [0.717, 1.165) is 11.6 Å². The van der Waals surface area contributed by atoms with Gasteiger partial charge in [0, 0.05) is 22.3 Å². The summed E-state index contributed by atoms with van der Waals surface area (Å²) in [6.07, 6.45) is 0. The normalized spacial score (nSPS) is 12.0. The van der Waals surface area contributed by atoms with E-state index >= 15 is 0 Å². The highest BCUT2D eigenvalue weighted by Crippen LogP contribution is 2.22. The van der Waals surface area contributed by atoms with Gasteiger partial charge >= 0.3 is 0 Å². The summed E-state index contributed by atoms with van der Waals surface area (Å²) in [5.74, 6) is -1.45. The maximum Gasteiger partial charge on any atom is 0.279 e. The Morgan fingerprint density at radius 2 is 2.04 bits per heavy atom. The van der Waals surface area contributed by atoms with Gasteiger partial charge < -0.3 is 10.6 Å². The number of rotatable bonds is 5. The lowest BCUT2D eigenvalue weighted by Gasteiger charge is -2.13. The van der Waals surface area contributed by atoms with Crippen LogP contribution >= 0.6 is 11.6 Å². The lowest BCUT2D eigenvalue weighted by atomic mass is 10.1. The molecule has 0 spiro atoms. The van der Waals surface area contributed by atoms with Gasteiger partial charge in [0.2, 0.25) is 0 Å². The second-order valence-electron chi connectivity index (χ2n) is 5.35. The highest BCUT2D eigenvalue weighted by Gasteiger charge is 2.16. The number of carbonyl (C=O) groups is 1. The van der Waals surface area contributed by atoms with Crippen LogP contribution in [0.2, 0.25) is 5.02 Å². The molecule has 0 bridgehead atoms. The quantitative estimate of drug-likeness (QED) is 0.863. The van der Waals surface area contributed by atoms with Crippen LogP contribution in [-0.4, -0.2) is 12.5 Å². The molecule has 0 aliphatic heterocycles. The van der Waals surface area contributed by atoms with Gasteiger partial charge in [-0.25, -0.2) is 8.78 Å². The van der Waals surface area contributed by atoms with Crippen molar-refractivity contribution >= 4 is 23.2 Å². The molecule has 1 amide bonds. The van der Waals surface area contributed by atoms with E-state index in [9.17, 15) is 13.6 Å². The number of amides is 1. The average Bonchev–Trinajstić information content (AvgIpc) is 2.49. The standard InChI is InChI=1S/C17H17ClF2N2O/c1-10-14(18)4-3-5-16(10)22-17(23)9-21-11(2)13-7-6-12(19)8-15(13)20/h3-8,11,21H,9H2,1-2H3,(H,22,23)/p+1/t11-/m1/s1. The Kier molecular flexibility index (Phi) is 5.69. The van der Waals surface area contributed by atoms with Crippen molar-refractivity contribution in [1.29, 1.82) is 0 Å². The van der Waals surface area contributed by atoms with Crippen LogP contribution in [0.4, 0.5) is 14.5 Å². The molecule has 0 unspecified atom stereocenters. The fourth-order valence-corrected chi connectivity index (χ4v) is 2.40. The number of benzene rings is 2. The SMILES string of the molecule is Cc1c(Cl)cccc1NC(=O)C[NH2+][C@H](C)c1ccc(F)cc1F. The second-order valence-corrected chi connectivity index (χ2v) is 5.76. The van der Waals surface area contributed by atoms with E-state index < -0.39 is 11.6 Å². The third-order valence-corrected chi connectivity index (χ3v) is 4.06. The van der Waals surface area contributed by atoms with E-state index in [-0.39, 0.29) is 18.5 Å². The molecular formula is C17H18ClF2N2O+. The minimum atomic E-state index is -0.618. The Morgan fingerprint density at radius 1 is 1.30 bits per heavy atom. The molecule has 2 aromatic carbocycles. The van der Waals surface area contributed by atoms with Gasteiger partial charge in [-0.1, -0.05) is 17.7 Å². The molecule has 122 valence electrons. The molecule has 3 N–H and O–H groups in total. The zero-order valence-electron chi connectivity index (χ0n) is 12.9. The van der Waals surface area contributed by atoms with Crippen LogP contribution in [0, 0.1) is 18.6 Å². The third kappa shape index (κ3) is 4.50. The van der Waals surface area contributed by atoms with Gasteiger partial charge in [0.05, 0.1) is 0 Å². The molecule has 3 nitrogen and oxygen atoms in total. The van der Waals surface area contributed by atoms with Gasteiger partial charge in [0.25, 0.3) is 5.91 Å². The number of anilines is 1. The van der Waals surface area contributed by atoms with Gasteiger partial charge in [-0.3, -0.25) is 4.79 Å². The molecule has 0 saturated carbocycles. The second kappa shape index (κ2) is 7.53. The fraction of sp³-hybridized carbons (Fsp3) is 0.235. The van der Waals surface area contributed by atoms with Gasteiger partial charge in [0.15, 0.2) is 6.54 Å². The molecule has 0 heterocycles. The van der Waals surface area contributed by atoms with E-state index in [1.165, 1.54) is 12.1 Å². The molecule has 0 aliphatic rings. The average molecular weight is 340 g/mol. The van der Waals surface area contributed by atoms with Crippen LogP contribution in [0.1, 0.15) is 24.1 Å². The van der Waals surface area contributed by atoms with Crippen molar-refractivity contribution in [2.75, 3.05) is 11.9 Å². The zero-order valence-corrected chi connectivity index (χ0v) is 13.6. The maximum atomic E-state index is 13.7. The molecule has 2 aromatic rings. The summed E-state index contributed by atoms with van der Waals surface area (Å²) in [6, 6.07) is 8.41. The lowest BCUT2D eigenvalue weighted by molar-refractivity contribution is -0.682. The van der Waals surface area contributed by atoms with E-state index in [2.05, 4.69) is 5.32 Å². The number of halogens is 3. The van der Waals surface area contributed by atoms with E-state index in [1.807, 2.05) is 6.92 Å². The maximum absolute atomic E-state index is 13.7. The van der Waals surface area contributed by atoms with Crippen LogP contribution < -0.4 is 10.6 Å². The summed E-state index contributed by atoms with van der Waals surface area (Å²) in [7, 11) is 0.